The Morgan fingerprint density at radius 1 is 1.03 bits per heavy atom. The number of ether oxygens (including phenoxy) is 3. The van der Waals surface area contributed by atoms with Gasteiger partial charge in [-0.3, -0.25) is 4.79 Å². The van der Waals surface area contributed by atoms with Gasteiger partial charge in [0.25, 0.3) is 0 Å². The summed E-state index contributed by atoms with van der Waals surface area (Å²) in [6.07, 6.45) is 1.93. The SMILES string of the molecule is CCCCNC(=O)[C@@H]1CN(C(=O)NCC)C[C@@H]1c1cc(OC)c(OC)c(OC)c1. The molecule has 8 nitrogen and oxygen atoms in total. The first-order chi connectivity index (χ1) is 14.0. The number of hydrogen-bond donors (Lipinski definition) is 2. The van der Waals surface area contributed by atoms with Gasteiger partial charge in [-0.2, -0.15) is 0 Å². The molecule has 1 aliphatic heterocycles. The number of methoxy groups -OCH3 is 3. The Morgan fingerprint density at radius 2 is 1.69 bits per heavy atom. The normalized spacial score (nSPS) is 18.3. The van der Waals surface area contributed by atoms with Crippen molar-refractivity contribution in [3.05, 3.63) is 17.7 Å². The molecule has 0 radical (unpaired) electrons. The van der Waals surface area contributed by atoms with Crippen LogP contribution in [0.4, 0.5) is 4.79 Å². The summed E-state index contributed by atoms with van der Waals surface area (Å²) in [6.45, 7) is 5.94. The molecule has 1 aromatic rings. The van der Waals surface area contributed by atoms with Crippen LogP contribution in [0.5, 0.6) is 17.2 Å². The van der Waals surface area contributed by atoms with Crippen molar-refractivity contribution in [2.24, 2.45) is 5.92 Å². The second-order valence-corrected chi connectivity index (χ2v) is 7.06. The van der Waals surface area contributed by atoms with Crippen LogP contribution in [0.25, 0.3) is 0 Å². The van der Waals surface area contributed by atoms with Crippen molar-refractivity contribution in [1.82, 2.24) is 15.5 Å². The van der Waals surface area contributed by atoms with E-state index >= 15 is 0 Å². The molecular formula is C21H33N3O5. The van der Waals surface area contributed by atoms with E-state index < -0.39 is 0 Å². The quantitative estimate of drug-likeness (QED) is 0.614. The van der Waals surface area contributed by atoms with Crippen LogP contribution < -0.4 is 24.8 Å². The average Bonchev–Trinajstić information content (AvgIpc) is 3.18. The molecule has 2 N–H and O–H groups in total. The summed E-state index contributed by atoms with van der Waals surface area (Å²) in [4.78, 5) is 27.0. The fourth-order valence-electron chi connectivity index (χ4n) is 3.67. The van der Waals surface area contributed by atoms with E-state index in [-0.39, 0.29) is 23.8 Å². The van der Waals surface area contributed by atoms with Crippen LogP contribution in [0.2, 0.25) is 0 Å². The largest absolute Gasteiger partial charge is 0.493 e. The lowest BCUT2D eigenvalue weighted by atomic mass is 9.88. The zero-order valence-electron chi connectivity index (χ0n) is 18.0. The van der Waals surface area contributed by atoms with E-state index in [4.69, 9.17) is 14.2 Å². The first-order valence-electron chi connectivity index (χ1n) is 10.1. The highest BCUT2D eigenvalue weighted by Crippen LogP contribution is 2.43. The summed E-state index contributed by atoms with van der Waals surface area (Å²) in [5.74, 6) is 1.00. The second-order valence-electron chi connectivity index (χ2n) is 7.06. The maximum Gasteiger partial charge on any atom is 0.317 e. The van der Waals surface area contributed by atoms with Crippen molar-refractivity contribution in [2.45, 2.75) is 32.6 Å². The summed E-state index contributed by atoms with van der Waals surface area (Å²) in [5, 5.41) is 5.83. The van der Waals surface area contributed by atoms with Crippen molar-refractivity contribution < 1.29 is 23.8 Å². The van der Waals surface area contributed by atoms with E-state index in [9.17, 15) is 9.59 Å². The molecule has 8 heteroatoms. The van der Waals surface area contributed by atoms with E-state index in [1.54, 1.807) is 26.2 Å². The lowest BCUT2D eigenvalue weighted by Gasteiger charge is -2.21. The molecule has 0 aromatic heterocycles. The van der Waals surface area contributed by atoms with Crippen LogP contribution in [-0.4, -0.2) is 64.3 Å². The first kappa shape index (κ1) is 22.6. The van der Waals surface area contributed by atoms with Crippen molar-refractivity contribution in [3.8, 4) is 17.2 Å². The number of rotatable bonds is 9. The molecular weight excluding hydrogens is 374 g/mol. The second kappa shape index (κ2) is 10.8. The highest BCUT2D eigenvalue weighted by Gasteiger charge is 2.41. The lowest BCUT2D eigenvalue weighted by Crippen LogP contribution is -2.40. The van der Waals surface area contributed by atoms with Crippen LogP contribution in [0.3, 0.4) is 0 Å². The number of urea groups is 1. The van der Waals surface area contributed by atoms with Gasteiger partial charge in [-0.15, -0.1) is 0 Å². The van der Waals surface area contributed by atoms with Gasteiger partial charge in [-0.25, -0.2) is 4.79 Å². The molecule has 3 amide bonds. The predicted octanol–water partition coefficient (Wildman–Crippen LogP) is 2.37. The Labute approximate surface area is 172 Å². The number of nitrogens with zero attached hydrogens (tertiary/aromatic N) is 1. The van der Waals surface area contributed by atoms with E-state index in [2.05, 4.69) is 17.6 Å². The van der Waals surface area contributed by atoms with E-state index in [0.717, 1.165) is 18.4 Å². The van der Waals surface area contributed by atoms with Crippen LogP contribution in [0, 0.1) is 5.92 Å². The van der Waals surface area contributed by atoms with Gasteiger partial charge in [0.1, 0.15) is 0 Å². The van der Waals surface area contributed by atoms with Crippen molar-refractivity contribution >= 4 is 11.9 Å². The molecule has 0 spiro atoms. The Morgan fingerprint density at radius 3 is 2.21 bits per heavy atom. The topological polar surface area (TPSA) is 89.1 Å². The Bertz CT molecular complexity index is 685. The number of carbonyl (C=O) groups is 2. The van der Waals surface area contributed by atoms with Gasteiger partial charge in [0.05, 0.1) is 27.2 Å². The molecule has 1 aliphatic rings. The maximum absolute atomic E-state index is 12.9. The van der Waals surface area contributed by atoms with Gasteiger partial charge in [0.2, 0.25) is 11.7 Å². The fraction of sp³-hybridized carbons (Fsp3) is 0.619. The van der Waals surface area contributed by atoms with E-state index in [1.807, 2.05) is 19.1 Å². The van der Waals surface area contributed by atoms with Crippen LogP contribution in [0.15, 0.2) is 12.1 Å². The number of likely N-dealkylation sites (tertiary alicyclic amines) is 1. The highest BCUT2D eigenvalue weighted by atomic mass is 16.5. The first-order valence-corrected chi connectivity index (χ1v) is 10.1. The standard InChI is InChI=1S/C21H33N3O5/c1-6-8-9-23-20(25)16-13-24(21(26)22-7-2)12-15(16)14-10-17(27-3)19(29-5)18(11-14)28-4/h10-11,15-16H,6-9,12-13H2,1-5H3,(H,22,26)(H,23,25)/t15-,16-/m1/s1. The van der Waals surface area contributed by atoms with Gasteiger partial charge in [0, 0.05) is 32.1 Å². The van der Waals surface area contributed by atoms with Gasteiger partial charge >= 0.3 is 6.03 Å². The maximum atomic E-state index is 12.9. The van der Waals surface area contributed by atoms with Crippen molar-refractivity contribution in [1.29, 1.82) is 0 Å². The monoisotopic (exact) mass is 407 g/mol. The van der Waals surface area contributed by atoms with Crippen LogP contribution >= 0.6 is 0 Å². The van der Waals surface area contributed by atoms with Crippen molar-refractivity contribution in [2.75, 3.05) is 47.5 Å². The smallest absolute Gasteiger partial charge is 0.317 e. The third-order valence-electron chi connectivity index (χ3n) is 5.22. The molecule has 1 aromatic carbocycles. The minimum Gasteiger partial charge on any atom is -0.493 e. The molecule has 0 bridgehead atoms. The molecule has 29 heavy (non-hydrogen) atoms. The number of nitrogens with one attached hydrogen (secondary N) is 2. The van der Waals surface area contributed by atoms with Gasteiger partial charge in [-0.05, 0) is 31.0 Å². The molecule has 1 fully saturated rings. The van der Waals surface area contributed by atoms with E-state index in [0.29, 0.717) is 43.4 Å². The van der Waals surface area contributed by atoms with Gasteiger partial charge < -0.3 is 29.7 Å². The van der Waals surface area contributed by atoms with Crippen LogP contribution in [0.1, 0.15) is 38.2 Å². The molecule has 0 unspecified atom stereocenters. The zero-order valence-corrected chi connectivity index (χ0v) is 18.0. The summed E-state index contributed by atoms with van der Waals surface area (Å²) in [6, 6.07) is 3.56. The summed E-state index contributed by atoms with van der Waals surface area (Å²) in [5.41, 5.74) is 0.877. The van der Waals surface area contributed by atoms with E-state index in [1.165, 1.54) is 0 Å². The average molecular weight is 408 g/mol. The van der Waals surface area contributed by atoms with Gasteiger partial charge in [-0.1, -0.05) is 13.3 Å². The van der Waals surface area contributed by atoms with Gasteiger partial charge in [0.15, 0.2) is 11.5 Å². The number of benzene rings is 1. The highest BCUT2D eigenvalue weighted by molar-refractivity contribution is 5.83. The zero-order chi connectivity index (χ0) is 21.4. The number of unbranched alkanes of at least 4 members (excludes halogenated alkanes) is 1. The Balaban J connectivity index is 2.36. The summed E-state index contributed by atoms with van der Waals surface area (Å²) < 4.78 is 16.3. The number of hydrogen-bond acceptors (Lipinski definition) is 5. The van der Waals surface area contributed by atoms with Crippen LogP contribution in [-0.2, 0) is 4.79 Å². The minimum atomic E-state index is -0.350. The summed E-state index contributed by atoms with van der Waals surface area (Å²) >= 11 is 0. The van der Waals surface area contributed by atoms with Crippen molar-refractivity contribution in [3.63, 3.8) is 0 Å². The number of amides is 3. The molecule has 0 aliphatic carbocycles. The molecule has 0 saturated carbocycles. The predicted molar refractivity (Wildman–Crippen MR) is 111 cm³/mol. The Kier molecular flexibility index (Phi) is 8.42. The fourth-order valence-corrected chi connectivity index (χ4v) is 3.67. The molecule has 1 saturated heterocycles. The molecule has 1 heterocycles. The number of carbonyl (C=O) groups excluding carboxylic acids is 2. The molecule has 162 valence electrons. The summed E-state index contributed by atoms with van der Waals surface area (Å²) in [7, 11) is 4.67. The molecule has 2 atom stereocenters. The third kappa shape index (κ3) is 5.25. The minimum absolute atomic E-state index is 0.0380. The Hall–Kier alpha value is -2.64. The third-order valence-corrected chi connectivity index (χ3v) is 5.22. The molecule has 2 rings (SSSR count). The lowest BCUT2D eigenvalue weighted by molar-refractivity contribution is -0.124.